The first kappa shape index (κ1) is 17.9. The molecule has 0 aromatic rings. The fraction of sp³-hybridized carbons (Fsp3) is 1.00. The van der Waals surface area contributed by atoms with Gasteiger partial charge in [-0.05, 0) is 44.2 Å². The Hall–Kier alpha value is -0.120. The summed E-state index contributed by atoms with van der Waals surface area (Å²) < 4.78 is 0. The summed E-state index contributed by atoms with van der Waals surface area (Å²) in [5.41, 5.74) is 0.0912. The first-order valence-corrected chi connectivity index (χ1v) is 8.27. The molecule has 1 aliphatic rings. The molecule has 0 radical (unpaired) electrons. The average molecular weight is 284 g/mol. The van der Waals surface area contributed by atoms with Crippen LogP contribution in [0, 0.1) is 17.3 Å². The number of hydrogen-bond donors (Lipinski definition) is 1. The molecule has 120 valence electrons. The van der Waals surface area contributed by atoms with Crippen LogP contribution in [0.1, 0.15) is 47.0 Å². The molecule has 0 spiro atoms. The van der Waals surface area contributed by atoms with Crippen molar-refractivity contribution in [1.29, 1.82) is 0 Å². The minimum absolute atomic E-state index is 0.0912. The van der Waals surface area contributed by atoms with Gasteiger partial charge >= 0.3 is 0 Å². The third-order valence-electron chi connectivity index (χ3n) is 4.62. The third-order valence-corrected chi connectivity index (χ3v) is 4.62. The van der Waals surface area contributed by atoms with E-state index in [0.717, 1.165) is 32.6 Å². The van der Waals surface area contributed by atoms with Gasteiger partial charge in [-0.15, -0.1) is 0 Å². The van der Waals surface area contributed by atoms with Gasteiger partial charge in [-0.3, -0.25) is 0 Å². The molecule has 1 fully saturated rings. The summed E-state index contributed by atoms with van der Waals surface area (Å²) in [6.07, 6.45) is 3.45. The van der Waals surface area contributed by atoms with Crippen molar-refractivity contribution >= 4 is 0 Å². The molecule has 20 heavy (non-hydrogen) atoms. The predicted molar refractivity (Wildman–Crippen MR) is 87.0 cm³/mol. The van der Waals surface area contributed by atoms with Crippen LogP contribution in [0.25, 0.3) is 0 Å². The highest BCUT2D eigenvalue weighted by atomic mass is 16.3. The van der Waals surface area contributed by atoms with Crippen LogP contribution in [0.2, 0.25) is 0 Å². The summed E-state index contributed by atoms with van der Waals surface area (Å²) in [4.78, 5) is 4.80. The van der Waals surface area contributed by atoms with Crippen LogP contribution in [-0.4, -0.2) is 61.3 Å². The van der Waals surface area contributed by atoms with Crippen molar-refractivity contribution < 1.29 is 5.11 Å². The van der Waals surface area contributed by atoms with Crippen LogP contribution in [0.5, 0.6) is 0 Å². The molecule has 2 unspecified atom stereocenters. The fourth-order valence-electron chi connectivity index (χ4n) is 3.40. The predicted octanol–water partition coefficient (Wildman–Crippen LogP) is 2.69. The Morgan fingerprint density at radius 1 is 1.20 bits per heavy atom. The average Bonchev–Trinajstić information content (AvgIpc) is 2.31. The van der Waals surface area contributed by atoms with E-state index in [4.69, 9.17) is 0 Å². The summed E-state index contributed by atoms with van der Waals surface area (Å²) in [5.74, 6) is 1.13. The van der Waals surface area contributed by atoms with Crippen molar-refractivity contribution in [3.8, 4) is 0 Å². The van der Waals surface area contributed by atoms with Crippen molar-refractivity contribution in [3.05, 3.63) is 0 Å². The van der Waals surface area contributed by atoms with Gasteiger partial charge in [-0.2, -0.15) is 0 Å². The third kappa shape index (κ3) is 5.71. The molecule has 1 saturated carbocycles. The fourth-order valence-corrected chi connectivity index (χ4v) is 3.40. The molecule has 1 N–H and O–H groups in total. The van der Waals surface area contributed by atoms with Crippen LogP contribution < -0.4 is 0 Å². The molecular formula is C17H36N2O. The van der Waals surface area contributed by atoms with Gasteiger partial charge in [0.25, 0.3) is 0 Å². The zero-order valence-electron chi connectivity index (χ0n) is 14.5. The van der Waals surface area contributed by atoms with E-state index in [1.54, 1.807) is 0 Å². The largest absolute Gasteiger partial charge is 0.392 e. The van der Waals surface area contributed by atoms with Crippen molar-refractivity contribution in [2.45, 2.75) is 53.1 Å². The van der Waals surface area contributed by atoms with Crippen LogP contribution in [0.15, 0.2) is 0 Å². The lowest BCUT2D eigenvalue weighted by atomic mass is 9.69. The maximum Gasteiger partial charge on any atom is 0.0631 e. The van der Waals surface area contributed by atoms with Gasteiger partial charge in [0.1, 0.15) is 0 Å². The lowest BCUT2D eigenvalue weighted by Crippen LogP contribution is -2.46. The zero-order valence-corrected chi connectivity index (χ0v) is 14.5. The molecule has 0 aromatic carbocycles. The number of likely N-dealkylation sites (N-methyl/N-ethyl adjacent to an activating group) is 1. The summed E-state index contributed by atoms with van der Waals surface area (Å²) in [6.45, 7) is 13.4. The van der Waals surface area contributed by atoms with E-state index < -0.39 is 0 Å². The second-order valence-electron chi connectivity index (χ2n) is 8.04. The van der Waals surface area contributed by atoms with Crippen molar-refractivity contribution in [3.63, 3.8) is 0 Å². The first-order chi connectivity index (χ1) is 9.22. The first-order valence-electron chi connectivity index (χ1n) is 8.27. The van der Waals surface area contributed by atoms with Gasteiger partial charge in [0.15, 0.2) is 0 Å². The molecule has 0 aliphatic heterocycles. The summed E-state index contributed by atoms with van der Waals surface area (Å²) >= 11 is 0. The molecule has 1 rings (SSSR count). The standard InChI is InChI=1S/C17H36N2O/c1-14(2)12-19(11-10-18(5)6)13-15-8-7-9-17(3,4)16(15)20/h14-16,20H,7-13H2,1-6H3. The lowest BCUT2D eigenvalue weighted by Gasteiger charge is -2.43. The molecule has 2 atom stereocenters. The smallest absolute Gasteiger partial charge is 0.0631 e. The molecule has 3 nitrogen and oxygen atoms in total. The van der Waals surface area contributed by atoms with E-state index in [2.05, 4.69) is 51.6 Å². The Bertz CT molecular complexity index is 276. The second-order valence-corrected chi connectivity index (χ2v) is 8.04. The minimum Gasteiger partial charge on any atom is -0.392 e. The highest BCUT2D eigenvalue weighted by Gasteiger charge is 2.38. The van der Waals surface area contributed by atoms with Gasteiger partial charge in [-0.25, -0.2) is 0 Å². The quantitative estimate of drug-likeness (QED) is 0.778. The summed E-state index contributed by atoms with van der Waals surface area (Å²) in [6, 6.07) is 0. The molecule has 0 saturated heterocycles. The molecule has 0 heterocycles. The van der Waals surface area contributed by atoms with Crippen LogP contribution in [0.3, 0.4) is 0 Å². The number of nitrogens with zero attached hydrogens (tertiary/aromatic N) is 2. The van der Waals surface area contributed by atoms with Crippen molar-refractivity contribution in [2.24, 2.45) is 17.3 Å². The maximum absolute atomic E-state index is 10.6. The van der Waals surface area contributed by atoms with E-state index >= 15 is 0 Å². The SMILES string of the molecule is CC(C)CN(CCN(C)C)CC1CCCC(C)(C)C1O. The second kappa shape index (κ2) is 7.77. The molecule has 3 heteroatoms. The van der Waals surface area contributed by atoms with E-state index in [0.29, 0.717) is 11.8 Å². The van der Waals surface area contributed by atoms with Gasteiger partial charge in [-0.1, -0.05) is 34.1 Å². The van der Waals surface area contributed by atoms with Gasteiger partial charge in [0.05, 0.1) is 6.10 Å². The van der Waals surface area contributed by atoms with E-state index in [9.17, 15) is 5.11 Å². The Kier molecular flexibility index (Phi) is 6.96. The minimum atomic E-state index is -0.148. The molecular weight excluding hydrogens is 248 g/mol. The highest BCUT2D eigenvalue weighted by Crippen LogP contribution is 2.39. The number of aliphatic hydroxyl groups is 1. The highest BCUT2D eigenvalue weighted by molar-refractivity contribution is 4.89. The Balaban J connectivity index is 2.58. The van der Waals surface area contributed by atoms with E-state index in [-0.39, 0.29) is 11.5 Å². The van der Waals surface area contributed by atoms with Gasteiger partial charge < -0.3 is 14.9 Å². The van der Waals surface area contributed by atoms with E-state index in [1.165, 1.54) is 12.8 Å². The van der Waals surface area contributed by atoms with Crippen LogP contribution in [-0.2, 0) is 0 Å². The van der Waals surface area contributed by atoms with Crippen molar-refractivity contribution in [2.75, 3.05) is 40.3 Å². The number of hydrogen-bond acceptors (Lipinski definition) is 3. The normalized spacial score (nSPS) is 26.7. The zero-order chi connectivity index (χ0) is 15.3. The molecule has 0 aromatic heterocycles. The summed E-state index contributed by atoms with van der Waals surface area (Å²) in [7, 11) is 4.26. The maximum atomic E-state index is 10.6. The van der Waals surface area contributed by atoms with Crippen LogP contribution in [0.4, 0.5) is 0 Å². The van der Waals surface area contributed by atoms with Gasteiger partial charge in [0.2, 0.25) is 0 Å². The van der Waals surface area contributed by atoms with E-state index in [1.807, 2.05) is 0 Å². The summed E-state index contributed by atoms with van der Waals surface area (Å²) in [5, 5.41) is 10.6. The topological polar surface area (TPSA) is 26.7 Å². The lowest BCUT2D eigenvalue weighted by molar-refractivity contribution is -0.0441. The number of rotatable bonds is 7. The van der Waals surface area contributed by atoms with Crippen LogP contribution >= 0.6 is 0 Å². The Morgan fingerprint density at radius 3 is 2.40 bits per heavy atom. The van der Waals surface area contributed by atoms with Crippen molar-refractivity contribution in [1.82, 2.24) is 9.80 Å². The molecule has 0 bridgehead atoms. The number of aliphatic hydroxyl groups excluding tert-OH is 1. The van der Waals surface area contributed by atoms with Gasteiger partial charge in [0, 0.05) is 26.2 Å². The Morgan fingerprint density at radius 2 is 1.85 bits per heavy atom. The molecule has 1 aliphatic carbocycles. The Labute approximate surface area is 126 Å². The monoisotopic (exact) mass is 284 g/mol. The molecule has 0 amide bonds.